The van der Waals surface area contributed by atoms with Crippen LogP contribution in [0, 0.1) is 0 Å². The Morgan fingerprint density at radius 2 is 0.893 bits per heavy atom. The normalized spacial score (nSPS) is 11.1. The Kier molecular flexibility index (Phi) is 6.23. The Morgan fingerprint density at radius 3 is 1.14 bits per heavy atom. The van der Waals surface area contributed by atoms with Gasteiger partial charge >= 0.3 is 11.9 Å². The summed E-state index contributed by atoms with van der Waals surface area (Å²) in [5, 5.41) is 2.73. The van der Waals surface area contributed by atoms with Crippen LogP contribution in [0.25, 0.3) is 0 Å². The third-order valence-electron chi connectivity index (χ3n) is 4.73. The van der Waals surface area contributed by atoms with Gasteiger partial charge in [-0.2, -0.15) is 0 Å². The fourth-order valence-electron chi connectivity index (χ4n) is 3.52. The molecular weight excluding hydrogens is 371 g/mol. The van der Waals surface area contributed by atoms with Gasteiger partial charge in [-0.05, 0) is 36.4 Å². The van der Waals surface area contributed by atoms with Crippen LogP contribution in [0.5, 0.6) is 0 Å². The van der Waals surface area contributed by atoms with E-state index < -0.39 is 24.9 Å². The minimum atomic E-state index is -2.76. The first-order valence-corrected chi connectivity index (χ1v) is 10.7. The fraction of sp³-hybridized carbons (Fsp3) is 0.130. The lowest BCUT2D eigenvalue weighted by Gasteiger charge is -2.31. The highest BCUT2D eigenvalue weighted by atomic mass is 31.2. The SMILES string of the molecule is COC(=O)C(C(=O)OC)[P+](c1ccccc1)(c1ccccc1)c1ccccc1. The van der Waals surface area contributed by atoms with Crippen molar-refractivity contribution in [3.05, 3.63) is 91.0 Å². The summed E-state index contributed by atoms with van der Waals surface area (Å²) in [4.78, 5) is 26.0. The summed E-state index contributed by atoms with van der Waals surface area (Å²) in [5.41, 5.74) is -1.10. The average Bonchev–Trinajstić information content (AvgIpc) is 2.78. The molecule has 5 heteroatoms. The van der Waals surface area contributed by atoms with Crippen LogP contribution >= 0.6 is 7.26 Å². The summed E-state index contributed by atoms with van der Waals surface area (Å²) >= 11 is 0. The monoisotopic (exact) mass is 393 g/mol. The van der Waals surface area contributed by atoms with Crippen molar-refractivity contribution in [1.29, 1.82) is 0 Å². The summed E-state index contributed by atoms with van der Waals surface area (Å²) in [6.07, 6.45) is 0. The molecule has 0 aliphatic rings. The first-order chi connectivity index (χ1) is 13.7. The van der Waals surface area contributed by atoms with E-state index in [1.807, 2.05) is 91.0 Å². The number of esters is 2. The predicted octanol–water partition coefficient (Wildman–Crippen LogP) is 2.70. The van der Waals surface area contributed by atoms with Crippen molar-refractivity contribution in [2.24, 2.45) is 0 Å². The second kappa shape index (κ2) is 8.81. The molecule has 0 heterocycles. The van der Waals surface area contributed by atoms with E-state index in [4.69, 9.17) is 9.47 Å². The van der Waals surface area contributed by atoms with Gasteiger partial charge in [-0.25, -0.2) is 9.59 Å². The van der Waals surface area contributed by atoms with E-state index in [-0.39, 0.29) is 0 Å². The molecule has 0 unspecified atom stereocenters. The number of rotatable bonds is 6. The molecule has 0 amide bonds. The zero-order chi connectivity index (χ0) is 20.0. The third kappa shape index (κ3) is 3.44. The number of methoxy groups -OCH3 is 2. The molecule has 0 saturated carbocycles. The first kappa shape index (κ1) is 19.8. The molecule has 3 aromatic rings. The van der Waals surface area contributed by atoms with E-state index in [1.165, 1.54) is 14.2 Å². The Balaban J connectivity index is 2.46. The van der Waals surface area contributed by atoms with Crippen molar-refractivity contribution in [2.45, 2.75) is 5.66 Å². The maximum absolute atomic E-state index is 13.0. The molecule has 0 saturated heterocycles. The largest absolute Gasteiger partial charge is 0.466 e. The second-order valence-corrected chi connectivity index (χ2v) is 9.69. The van der Waals surface area contributed by atoms with E-state index >= 15 is 0 Å². The van der Waals surface area contributed by atoms with Gasteiger partial charge in [0.1, 0.15) is 23.2 Å². The minimum Gasteiger partial charge on any atom is -0.466 e. The number of ether oxygens (including phenoxy) is 2. The van der Waals surface area contributed by atoms with E-state index in [2.05, 4.69) is 0 Å². The van der Waals surface area contributed by atoms with Gasteiger partial charge in [0.15, 0.2) is 0 Å². The number of hydrogen-bond donors (Lipinski definition) is 0. The number of benzene rings is 3. The Bertz CT molecular complexity index is 814. The third-order valence-corrected chi connectivity index (χ3v) is 9.26. The topological polar surface area (TPSA) is 52.6 Å². The Morgan fingerprint density at radius 1 is 0.607 bits per heavy atom. The molecule has 0 aliphatic heterocycles. The average molecular weight is 393 g/mol. The van der Waals surface area contributed by atoms with Gasteiger partial charge in [-0.15, -0.1) is 0 Å². The van der Waals surface area contributed by atoms with Crippen LogP contribution in [0.4, 0.5) is 0 Å². The maximum Gasteiger partial charge on any atom is 0.359 e. The van der Waals surface area contributed by atoms with Gasteiger partial charge in [-0.1, -0.05) is 54.6 Å². The van der Waals surface area contributed by atoms with Crippen LogP contribution in [0.15, 0.2) is 91.0 Å². The van der Waals surface area contributed by atoms with Crippen LogP contribution < -0.4 is 15.9 Å². The van der Waals surface area contributed by atoms with E-state index in [0.717, 1.165) is 15.9 Å². The molecule has 4 nitrogen and oxygen atoms in total. The zero-order valence-electron chi connectivity index (χ0n) is 15.8. The van der Waals surface area contributed by atoms with Crippen molar-refractivity contribution in [2.75, 3.05) is 14.2 Å². The summed E-state index contributed by atoms with van der Waals surface area (Å²) in [7, 11) is -0.159. The lowest BCUT2D eigenvalue weighted by molar-refractivity contribution is -0.150. The van der Waals surface area contributed by atoms with Crippen LogP contribution in [-0.4, -0.2) is 31.8 Å². The standard InChI is InChI=1S/C23H22O4P/c1-26-22(24)21(23(25)27-2)28(18-12-6-3-7-13-18,19-14-8-4-9-15-19)20-16-10-5-11-17-20/h3-17,21H,1-2H3/q+1. The zero-order valence-corrected chi connectivity index (χ0v) is 16.7. The molecule has 28 heavy (non-hydrogen) atoms. The molecule has 0 aliphatic carbocycles. The highest BCUT2D eigenvalue weighted by Crippen LogP contribution is 2.60. The smallest absolute Gasteiger partial charge is 0.359 e. The summed E-state index contributed by atoms with van der Waals surface area (Å²) in [5.74, 6) is -1.20. The van der Waals surface area contributed by atoms with E-state index in [9.17, 15) is 9.59 Å². The van der Waals surface area contributed by atoms with Crippen molar-refractivity contribution in [3.8, 4) is 0 Å². The molecule has 0 spiro atoms. The number of hydrogen-bond acceptors (Lipinski definition) is 4. The summed E-state index contributed by atoms with van der Waals surface area (Å²) < 4.78 is 10.2. The molecule has 0 bridgehead atoms. The van der Waals surface area contributed by atoms with Crippen LogP contribution in [0.1, 0.15) is 0 Å². The lowest BCUT2D eigenvalue weighted by atomic mass is 10.3. The van der Waals surface area contributed by atoms with Crippen molar-refractivity contribution in [3.63, 3.8) is 0 Å². The Hall–Kier alpha value is -2.97. The van der Waals surface area contributed by atoms with Gasteiger partial charge in [0.05, 0.1) is 14.2 Å². The molecular formula is C23H22O4P+. The van der Waals surface area contributed by atoms with Gasteiger partial charge in [0.2, 0.25) is 0 Å². The van der Waals surface area contributed by atoms with Crippen molar-refractivity contribution < 1.29 is 19.1 Å². The van der Waals surface area contributed by atoms with Gasteiger partial charge in [-0.3, -0.25) is 0 Å². The van der Waals surface area contributed by atoms with Crippen LogP contribution in [0.2, 0.25) is 0 Å². The summed E-state index contributed by atoms with van der Waals surface area (Å²) in [6.45, 7) is 0. The molecule has 142 valence electrons. The van der Waals surface area contributed by atoms with E-state index in [1.54, 1.807) is 0 Å². The molecule has 0 fully saturated rings. The minimum absolute atomic E-state index is 0.600. The van der Waals surface area contributed by atoms with Gasteiger partial charge in [0.25, 0.3) is 5.66 Å². The number of carbonyl (C=O) groups excluding carboxylic acids is 2. The molecule has 0 atom stereocenters. The maximum atomic E-state index is 13.0. The summed E-state index contributed by atoms with van der Waals surface area (Å²) in [6, 6.07) is 29.0. The van der Waals surface area contributed by atoms with E-state index in [0.29, 0.717) is 0 Å². The van der Waals surface area contributed by atoms with Gasteiger partial charge in [0, 0.05) is 0 Å². The second-order valence-electron chi connectivity index (χ2n) is 6.18. The number of carbonyl (C=O) groups is 2. The molecule has 0 radical (unpaired) electrons. The molecule has 3 rings (SSSR count). The van der Waals surface area contributed by atoms with Crippen LogP contribution in [-0.2, 0) is 19.1 Å². The first-order valence-electron chi connectivity index (χ1n) is 8.87. The Labute approximate surface area is 165 Å². The van der Waals surface area contributed by atoms with Crippen LogP contribution in [0.3, 0.4) is 0 Å². The fourth-order valence-corrected chi connectivity index (χ4v) is 8.08. The molecule has 0 aromatic heterocycles. The molecule has 0 N–H and O–H groups in total. The van der Waals surface area contributed by atoms with Crippen molar-refractivity contribution >= 4 is 35.1 Å². The quantitative estimate of drug-likeness (QED) is 0.367. The van der Waals surface area contributed by atoms with Crippen molar-refractivity contribution in [1.82, 2.24) is 0 Å². The lowest BCUT2D eigenvalue weighted by Crippen LogP contribution is -2.47. The predicted molar refractivity (Wildman–Crippen MR) is 113 cm³/mol. The highest BCUT2D eigenvalue weighted by molar-refractivity contribution is 7.97. The van der Waals surface area contributed by atoms with Gasteiger partial charge < -0.3 is 9.47 Å². The molecule has 3 aromatic carbocycles. The highest BCUT2D eigenvalue weighted by Gasteiger charge is 2.60.